The van der Waals surface area contributed by atoms with E-state index in [9.17, 15) is 0 Å². The fourth-order valence-corrected chi connectivity index (χ4v) is 3.22. The van der Waals surface area contributed by atoms with Crippen LogP contribution in [0.3, 0.4) is 0 Å². The van der Waals surface area contributed by atoms with Gasteiger partial charge in [0.05, 0.1) is 11.4 Å². The van der Waals surface area contributed by atoms with Crippen molar-refractivity contribution in [2.24, 2.45) is 0 Å². The van der Waals surface area contributed by atoms with Crippen LogP contribution in [0.2, 0.25) is 0 Å². The molecule has 1 heterocycles. The van der Waals surface area contributed by atoms with E-state index in [0.717, 1.165) is 37.6 Å². The van der Waals surface area contributed by atoms with Crippen LogP contribution in [-0.2, 0) is 13.1 Å². The molecule has 0 bridgehead atoms. The van der Waals surface area contributed by atoms with Crippen LogP contribution in [0.1, 0.15) is 102 Å². The van der Waals surface area contributed by atoms with Crippen molar-refractivity contribution in [3.63, 3.8) is 0 Å². The van der Waals surface area contributed by atoms with Crippen LogP contribution in [0.25, 0.3) is 0 Å². The van der Waals surface area contributed by atoms with E-state index < -0.39 is 0 Å². The number of halogens is 2. The highest BCUT2D eigenvalue weighted by Gasteiger charge is 1.99. The number of pyridine rings is 1. The summed E-state index contributed by atoms with van der Waals surface area (Å²) in [6.07, 6.45) is 16.2. The number of nitrogens with one attached hydrogen (secondary N) is 2. The summed E-state index contributed by atoms with van der Waals surface area (Å²) in [7, 11) is 0. The molecule has 0 unspecified atom stereocenters. The fraction of sp³-hybridized carbons (Fsp3) is 0.783. The third-order valence-corrected chi connectivity index (χ3v) is 4.89. The molecule has 0 radical (unpaired) electrons. The maximum absolute atomic E-state index is 4.76. The minimum atomic E-state index is 0. The molecule has 0 aliphatic carbocycles. The van der Waals surface area contributed by atoms with Crippen LogP contribution in [0.5, 0.6) is 0 Å². The largest absolute Gasteiger partial charge is 0.311 e. The van der Waals surface area contributed by atoms with Crippen LogP contribution >= 0.6 is 34.0 Å². The fourth-order valence-electron chi connectivity index (χ4n) is 3.22. The van der Waals surface area contributed by atoms with Crippen LogP contribution in [-0.4, -0.2) is 18.1 Å². The summed E-state index contributed by atoms with van der Waals surface area (Å²) in [5.74, 6) is 0. The smallest absolute Gasteiger partial charge is 0.0545 e. The average molecular weight is 523 g/mol. The quantitative estimate of drug-likeness (QED) is 0.201. The Balaban J connectivity index is 0. The second-order valence-electron chi connectivity index (χ2n) is 7.51. The van der Waals surface area contributed by atoms with Gasteiger partial charge in [0.15, 0.2) is 0 Å². The zero-order valence-electron chi connectivity index (χ0n) is 18.3. The molecule has 0 atom stereocenters. The molecule has 0 amide bonds. The molecule has 0 fully saturated rings. The number of hydrogen-bond donors (Lipinski definition) is 2. The highest BCUT2D eigenvalue weighted by Crippen LogP contribution is 2.06. The highest BCUT2D eigenvalue weighted by atomic mass is 79.9. The van der Waals surface area contributed by atoms with E-state index in [1.807, 2.05) is 0 Å². The molecule has 3 nitrogen and oxygen atoms in total. The molecule has 0 aliphatic rings. The van der Waals surface area contributed by atoms with Crippen molar-refractivity contribution in [1.29, 1.82) is 0 Å². The highest BCUT2D eigenvalue weighted by molar-refractivity contribution is 8.93. The summed E-state index contributed by atoms with van der Waals surface area (Å²) in [5, 5.41) is 7.08. The van der Waals surface area contributed by atoms with Gasteiger partial charge in [0, 0.05) is 13.1 Å². The van der Waals surface area contributed by atoms with Gasteiger partial charge < -0.3 is 10.6 Å². The summed E-state index contributed by atoms with van der Waals surface area (Å²) in [4.78, 5) is 4.76. The minimum Gasteiger partial charge on any atom is -0.311 e. The van der Waals surface area contributed by atoms with Crippen LogP contribution in [0, 0.1) is 0 Å². The number of aromatic nitrogens is 1. The van der Waals surface area contributed by atoms with Crippen LogP contribution in [0.15, 0.2) is 18.2 Å². The molecule has 5 heteroatoms. The van der Waals surface area contributed by atoms with Crippen molar-refractivity contribution in [2.75, 3.05) is 13.1 Å². The molecule has 0 spiro atoms. The lowest BCUT2D eigenvalue weighted by Crippen LogP contribution is -2.18. The molecular weight excluding hydrogens is 478 g/mol. The van der Waals surface area contributed by atoms with Crippen LogP contribution in [0.4, 0.5) is 0 Å². The maximum Gasteiger partial charge on any atom is 0.0545 e. The van der Waals surface area contributed by atoms with E-state index in [0.29, 0.717) is 0 Å². The monoisotopic (exact) mass is 521 g/mol. The molecule has 1 rings (SSSR count). The van der Waals surface area contributed by atoms with Gasteiger partial charge in [0.1, 0.15) is 0 Å². The van der Waals surface area contributed by atoms with Gasteiger partial charge in [0.2, 0.25) is 0 Å². The lowest BCUT2D eigenvalue weighted by Gasteiger charge is -2.08. The number of rotatable bonds is 18. The summed E-state index contributed by atoms with van der Waals surface area (Å²) in [6, 6.07) is 6.40. The topological polar surface area (TPSA) is 37.0 Å². The summed E-state index contributed by atoms with van der Waals surface area (Å²) >= 11 is 0. The first-order chi connectivity index (χ1) is 12.9. The maximum atomic E-state index is 4.76. The summed E-state index contributed by atoms with van der Waals surface area (Å²) < 4.78 is 0. The Kier molecular flexibility index (Phi) is 25.2. The Morgan fingerprint density at radius 2 is 1.00 bits per heavy atom. The third kappa shape index (κ3) is 18.1. The Hall–Kier alpha value is 0.0300. The van der Waals surface area contributed by atoms with E-state index in [4.69, 9.17) is 4.98 Å². The molecule has 166 valence electrons. The van der Waals surface area contributed by atoms with Gasteiger partial charge in [0.25, 0.3) is 0 Å². The van der Waals surface area contributed by atoms with Crippen molar-refractivity contribution in [3.05, 3.63) is 29.6 Å². The molecule has 2 N–H and O–H groups in total. The molecule has 0 aromatic carbocycles. The average Bonchev–Trinajstić information content (AvgIpc) is 2.66. The van der Waals surface area contributed by atoms with E-state index in [-0.39, 0.29) is 34.0 Å². The zero-order valence-corrected chi connectivity index (χ0v) is 21.7. The lowest BCUT2D eigenvalue weighted by molar-refractivity contribution is 0.563. The number of nitrogens with zero attached hydrogens (tertiary/aromatic N) is 1. The van der Waals surface area contributed by atoms with Gasteiger partial charge in [-0.15, -0.1) is 34.0 Å². The summed E-state index contributed by atoms with van der Waals surface area (Å²) in [5.41, 5.74) is 2.32. The lowest BCUT2D eigenvalue weighted by atomic mass is 10.1. The van der Waals surface area contributed by atoms with Crippen molar-refractivity contribution >= 4 is 34.0 Å². The predicted molar refractivity (Wildman–Crippen MR) is 135 cm³/mol. The van der Waals surface area contributed by atoms with E-state index >= 15 is 0 Å². The molecule has 0 saturated carbocycles. The van der Waals surface area contributed by atoms with Crippen molar-refractivity contribution < 1.29 is 0 Å². The number of unbranched alkanes of at least 4 members (excludes halogenated alkanes) is 10. The van der Waals surface area contributed by atoms with Gasteiger partial charge in [-0.25, -0.2) is 0 Å². The zero-order chi connectivity index (χ0) is 18.7. The van der Waals surface area contributed by atoms with Gasteiger partial charge in [-0.3, -0.25) is 4.98 Å². The van der Waals surface area contributed by atoms with Crippen molar-refractivity contribution in [3.8, 4) is 0 Å². The van der Waals surface area contributed by atoms with E-state index in [1.54, 1.807) is 0 Å². The molecular formula is C23H45Br2N3. The molecule has 0 saturated heterocycles. The molecule has 28 heavy (non-hydrogen) atoms. The first-order valence-corrected chi connectivity index (χ1v) is 11.2. The van der Waals surface area contributed by atoms with E-state index in [1.165, 1.54) is 77.0 Å². The SMILES string of the molecule is Br.Br.CCCCCCCCNCc1cccc(CNCCCCCCCC)n1. The van der Waals surface area contributed by atoms with Crippen LogP contribution < -0.4 is 10.6 Å². The Bertz CT molecular complexity index is 395. The molecule has 1 aromatic heterocycles. The third-order valence-electron chi connectivity index (χ3n) is 4.89. The Morgan fingerprint density at radius 3 is 1.43 bits per heavy atom. The first-order valence-electron chi connectivity index (χ1n) is 11.2. The minimum absolute atomic E-state index is 0. The van der Waals surface area contributed by atoms with Crippen molar-refractivity contribution in [2.45, 2.75) is 104 Å². The van der Waals surface area contributed by atoms with Gasteiger partial charge in [-0.2, -0.15) is 0 Å². The van der Waals surface area contributed by atoms with Gasteiger partial charge >= 0.3 is 0 Å². The molecule has 0 aliphatic heterocycles. The first kappa shape index (κ1) is 30.2. The Labute approximate surface area is 195 Å². The predicted octanol–water partition coefficient (Wildman–Crippen LogP) is 7.14. The second kappa shape index (κ2) is 23.3. The van der Waals surface area contributed by atoms with Gasteiger partial charge in [-0.05, 0) is 38.1 Å². The standard InChI is InChI=1S/C23H43N3.2BrH/c1-3-5-7-9-11-13-18-24-20-22-16-15-17-23(26-22)21-25-19-14-12-10-8-6-4-2;;/h15-17,24-25H,3-14,18-21H2,1-2H3;2*1H. The normalized spacial score (nSPS) is 10.4. The van der Waals surface area contributed by atoms with Gasteiger partial charge in [-0.1, -0.05) is 84.1 Å². The number of hydrogen-bond acceptors (Lipinski definition) is 3. The molecule has 1 aromatic rings. The van der Waals surface area contributed by atoms with Crippen molar-refractivity contribution in [1.82, 2.24) is 15.6 Å². The second-order valence-corrected chi connectivity index (χ2v) is 7.51. The Morgan fingerprint density at radius 1 is 0.607 bits per heavy atom. The van der Waals surface area contributed by atoms with E-state index in [2.05, 4.69) is 42.7 Å². The summed E-state index contributed by atoms with van der Waals surface area (Å²) in [6.45, 7) is 8.53.